The Kier molecular flexibility index (Phi) is 4.37. The van der Waals surface area contributed by atoms with E-state index in [9.17, 15) is 4.79 Å². The van der Waals surface area contributed by atoms with E-state index in [1.54, 1.807) is 6.33 Å². The number of amides is 2. The average Bonchev–Trinajstić information content (AvgIpc) is 2.94. The lowest BCUT2D eigenvalue weighted by atomic mass is 9.94. The summed E-state index contributed by atoms with van der Waals surface area (Å²) in [6.07, 6.45) is 4.75. The smallest absolute Gasteiger partial charge is 0.321 e. The molecule has 0 aliphatic carbocycles. The first kappa shape index (κ1) is 14.6. The molecule has 1 N–H and O–H groups in total. The van der Waals surface area contributed by atoms with E-state index in [0.717, 1.165) is 43.9 Å². The molecular weight excluding hydrogens is 278 g/mol. The van der Waals surface area contributed by atoms with Crippen LogP contribution in [0.4, 0.5) is 10.5 Å². The van der Waals surface area contributed by atoms with Crippen molar-refractivity contribution < 1.29 is 4.79 Å². The van der Waals surface area contributed by atoms with Crippen LogP contribution < -0.4 is 5.32 Å². The van der Waals surface area contributed by atoms with Gasteiger partial charge in [-0.25, -0.2) is 4.79 Å². The summed E-state index contributed by atoms with van der Waals surface area (Å²) in [6, 6.07) is 9.56. The van der Waals surface area contributed by atoms with Gasteiger partial charge in [0, 0.05) is 32.2 Å². The molecule has 1 unspecified atom stereocenters. The zero-order chi connectivity index (χ0) is 15.4. The Morgan fingerprint density at radius 1 is 1.36 bits per heavy atom. The Morgan fingerprint density at radius 3 is 2.91 bits per heavy atom. The van der Waals surface area contributed by atoms with Gasteiger partial charge in [0.2, 0.25) is 0 Å². The average molecular weight is 299 g/mol. The lowest BCUT2D eigenvalue weighted by Crippen LogP contribution is -2.43. The van der Waals surface area contributed by atoms with Crippen molar-refractivity contribution in [3.8, 4) is 0 Å². The van der Waals surface area contributed by atoms with Crippen LogP contribution in [0.5, 0.6) is 0 Å². The van der Waals surface area contributed by atoms with Crippen LogP contribution >= 0.6 is 0 Å². The maximum Gasteiger partial charge on any atom is 0.321 e. The number of rotatable bonds is 3. The Bertz CT molecular complexity index is 624. The number of aromatic nitrogens is 3. The summed E-state index contributed by atoms with van der Waals surface area (Å²) in [5.41, 5.74) is 0.836. The summed E-state index contributed by atoms with van der Waals surface area (Å²) in [6.45, 7) is 1.58. The number of nitrogens with zero attached hydrogens (tertiary/aromatic N) is 4. The maximum atomic E-state index is 12.4. The quantitative estimate of drug-likeness (QED) is 0.946. The molecule has 2 aromatic rings. The van der Waals surface area contributed by atoms with Crippen molar-refractivity contribution in [3.63, 3.8) is 0 Å². The summed E-state index contributed by atoms with van der Waals surface area (Å²) >= 11 is 0. The number of hydrogen-bond acceptors (Lipinski definition) is 3. The topological polar surface area (TPSA) is 63.1 Å². The van der Waals surface area contributed by atoms with Gasteiger partial charge in [-0.1, -0.05) is 18.2 Å². The van der Waals surface area contributed by atoms with Gasteiger partial charge in [0.25, 0.3) is 0 Å². The third-order valence-corrected chi connectivity index (χ3v) is 4.11. The number of para-hydroxylation sites is 1. The van der Waals surface area contributed by atoms with Gasteiger partial charge in [-0.3, -0.25) is 0 Å². The molecule has 6 nitrogen and oxygen atoms in total. The number of urea groups is 1. The molecule has 1 aromatic heterocycles. The van der Waals surface area contributed by atoms with Gasteiger partial charge >= 0.3 is 6.03 Å². The molecule has 22 heavy (non-hydrogen) atoms. The van der Waals surface area contributed by atoms with Gasteiger partial charge < -0.3 is 14.8 Å². The predicted octanol–water partition coefficient (Wildman–Crippen LogP) is 2.30. The van der Waals surface area contributed by atoms with Crippen molar-refractivity contribution in [2.75, 3.05) is 18.4 Å². The molecular formula is C16H21N5O. The van der Waals surface area contributed by atoms with Crippen molar-refractivity contribution in [3.05, 3.63) is 42.5 Å². The summed E-state index contributed by atoms with van der Waals surface area (Å²) in [7, 11) is 1.96. The van der Waals surface area contributed by atoms with E-state index in [-0.39, 0.29) is 6.03 Å². The maximum absolute atomic E-state index is 12.4. The zero-order valence-corrected chi connectivity index (χ0v) is 12.8. The summed E-state index contributed by atoms with van der Waals surface area (Å²) < 4.78 is 1.95. The molecule has 1 aromatic carbocycles. The fourth-order valence-corrected chi connectivity index (χ4v) is 2.89. The standard InChI is InChI=1S/C16H21N5O/c1-20-12-17-19-15(20)10-13-6-5-9-21(11-13)16(22)18-14-7-3-2-4-8-14/h2-4,7-8,12-13H,5-6,9-11H2,1H3,(H,18,22). The molecule has 1 aliphatic heterocycles. The molecule has 116 valence electrons. The molecule has 6 heteroatoms. The van der Waals surface area contributed by atoms with Gasteiger partial charge in [-0.05, 0) is 30.9 Å². The number of anilines is 1. The first-order valence-electron chi connectivity index (χ1n) is 7.66. The number of nitrogens with one attached hydrogen (secondary N) is 1. The monoisotopic (exact) mass is 299 g/mol. The number of likely N-dealkylation sites (tertiary alicyclic amines) is 1. The highest BCUT2D eigenvalue weighted by Crippen LogP contribution is 2.20. The minimum Gasteiger partial charge on any atom is -0.324 e. The minimum absolute atomic E-state index is 0.0196. The first-order chi connectivity index (χ1) is 10.7. The summed E-state index contributed by atoms with van der Waals surface area (Å²) in [5, 5.41) is 11.0. The van der Waals surface area contributed by atoms with Crippen molar-refractivity contribution in [2.24, 2.45) is 13.0 Å². The Morgan fingerprint density at radius 2 is 2.18 bits per heavy atom. The number of benzene rings is 1. The zero-order valence-electron chi connectivity index (χ0n) is 12.8. The van der Waals surface area contributed by atoms with Crippen molar-refractivity contribution in [1.82, 2.24) is 19.7 Å². The molecule has 2 heterocycles. The number of aryl methyl sites for hydroxylation is 1. The van der Waals surface area contributed by atoms with E-state index >= 15 is 0 Å². The highest BCUT2D eigenvalue weighted by Gasteiger charge is 2.24. The Hall–Kier alpha value is -2.37. The first-order valence-corrected chi connectivity index (χ1v) is 7.66. The summed E-state index contributed by atoms with van der Waals surface area (Å²) in [5.74, 6) is 1.42. The minimum atomic E-state index is -0.0196. The molecule has 1 fully saturated rings. The van der Waals surface area contributed by atoms with Crippen LogP contribution in [-0.4, -0.2) is 38.8 Å². The fraction of sp³-hybridized carbons (Fsp3) is 0.438. The molecule has 0 radical (unpaired) electrons. The SMILES string of the molecule is Cn1cnnc1CC1CCCN(C(=O)Nc2ccccc2)C1. The van der Waals surface area contributed by atoms with Crippen LogP contribution in [0.2, 0.25) is 0 Å². The predicted molar refractivity (Wildman–Crippen MR) is 84.5 cm³/mol. The number of piperidine rings is 1. The van der Waals surface area contributed by atoms with E-state index in [4.69, 9.17) is 0 Å². The van der Waals surface area contributed by atoms with Crippen LogP contribution in [0.25, 0.3) is 0 Å². The van der Waals surface area contributed by atoms with Crippen LogP contribution in [0.15, 0.2) is 36.7 Å². The Balaban J connectivity index is 1.58. The molecule has 0 saturated carbocycles. The van der Waals surface area contributed by atoms with Crippen molar-refractivity contribution >= 4 is 11.7 Å². The number of carbonyl (C=O) groups excluding carboxylic acids is 1. The molecule has 2 amide bonds. The lowest BCUT2D eigenvalue weighted by molar-refractivity contribution is 0.176. The third-order valence-electron chi connectivity index (χ3n) is 4.11. The molecule has 0 bridgehead atoms. The van der Waals surface area contributed by atoms with Crippen LogP contribution in [-0.2, 0) is 13.5 Å². The van der Waals surface area contributed by atoms with Crippen molar-refractivity contribution in [2.45, 2.75) is 19.3 Å². The van der Waals surface area contributed by atoms with Gasteiger partial charge in [-0.2, -0.15) is 0 Å². The highest BCUT2D eigenvalue weighted by molar-refractivity contribution is 5.89. The number of carbonyl (C=O) groups is 1. The summed E-state index contributed by atoms with van der Waals surface area (Å²) in [4.78, 5) is 14.3. The highest BCUT2D eigenvalue weighted by atomic mass is 16.2. The van der Waals surface area contributed by atoms with Crippen LogP contribution in [0.3, 0.4) is 0 Å². The van der Waals surface area contributed by atoms with Crippen LogP contribution in [0, 0.1) is 5.92 Å². The fourth-order valence-electron chi connectivity index (χ4n) is 2.89. The van der Waals surface area contributed by atoms with E-state index in [1.165, 1.54) is 0 Å². The third kappa shape index (κ3) is 3.44. The largest absolute Gasteiger partial charge is 0.324 e. The van der Waals surface area contributed by atoms with Gasteiger partial charge in [0.15, 0.2) is 0 Å². The van der Waals surface area contributed by atoms with Gasteiger partial charge in [0.05, 0.1) is 0 Å². The second-order valence-electron chi connectivity index (χ2n) is 5.81. The Labute approximate surface area is 130 Å². The van der Waals surface area contributed by atoms with E-state index in [0.29, 0.717) is 5.92 Å². The van der Waals surface area contributed by atoms with E-state index in [1.807, 2.05) is 46.8 Å². The normalized spacial score (nSPS) is 18.2. The second kappa shape index (κ2) is 6.60. The molecule has 0 spiro atoms. The van der Waals surface area contributed by atoms with Gasteiger partial charge in [0.1, 0.15) is 12.2 Å². The number of hydrogen-bond donors (Lipinski definition) is 1. The van der Waals surface area contributed by atoms with E-state index < -0.39 is 0 Å². The molecule has 1 aliphatic rings. The lowest BCUT2D eigenvalue weighted by Gasteiger charge is -2.32. The molecule has 1 saturated heterocycles. The van der Waals surface area contributed by atoms with Crippen LogP contribution in [0.1, 0.15) is 18.7 Å². The van der Waals surface area contributed by atoms with E-state index in [2.05, 4.69) is 15.5 Å². The molecule has 3 rings (SSSR count). The van der Waals surface area contributed by atoms with Crippen molar-refractivity contribution in [1.29, 1.82) is 0 Å². The second-order valence-corrected chi connectivity index (χ2v) is 5.81. The molecule has 1 atom stereocenters. The van der Waals surface area contributed by atoms with Gasteiger partial charge in [-0.15, -0.1) is 10.2 Å².